The first-order chi connectivity index (χ1) is 32.0. The van der Waals surface area contributed by atoms with Crippen LogP contribution in [0.4, 0.5) is 34.1 Å². The van der Waals surface area contributed by atoms with Gasteiger partial charge >= 0.3 is 0 Å². The molecule has 316 valence electrons. The average Bonchev–Trinajstić information content (AvgIpc) is 3.80. The van der Waals surface area contributed by atoms with Gasteiger partial charge in [-0.25, -0.2) is 0 Å². The lowest BCUT2D eigenvalue weighted by atomic mass is 9.33. The van der Waals surface area contributed by atoms with Gasteiger partial charge in [0.2, 0.25) is 0 Å². The van der Waals surface area contributed by atoms with Crippen LogP contribution in [0, 0.1) is 0 Å². The summed E-state index contributed by atoms with van der Waals surface area (Å²) >= 11 is 0. The highest BCUT2D eigenvalue weighted by molar-refractivity contribution is 7.00. The van der Waals surface area contributed by atoms with Gasteiger partial charge in [0.1, 0.15) is 0 Å². The molecule has 13 rings (SSSR count). The Morgan fingerprint density at radius 3 is 1.52 bits per heavy atom. The molecule has 1 spiro atoms. The molecule has 0 unspecified atom stereocenters. The maximum Gasteiger partial charge on any atom is 0.252 e. The summed E-state index contributed by atoms with van der Waals surface area (Å²) in [5.41, 5.74) is 26.5. The zero-order valence-corrected chi connectivity index (χ0v) is 38.5. The van der Waals surface area contributed by atoms with Gasteiger partial charge in [0.25, 0.3) is 6.71 Å². The van der Waals surface area contributed by atoms with Gasteiger partial charge in [-0.05, 0) is 143 Å². The number of hydrogen-bond acceptors (Lipinski definition) is 2. The molecule has 66 heavy (non-hydrogen) atoms. The lowest BCUT2D eigenvalue weighted by molar-refractivity contribution is 0.590. The summed E-state index contributed by atoms with van der Waals surface area (Å²) in [7, 11) is 0. The second-order valence-electron chi connectivity index (χ2n) is 20.9. The third-order valence-corrected chi connectivity index (χ3v) is 15.2. The fourth-order valence-corrected chi connectivity index (χ4v) is 12.1. The zero-order valence-electron chi connectivity index (χ0n) is 38.5. The highest BCUT2D eigenvalue weighted by Crippen LogP contribution is 2.63. The summed E-state index contributed by atoms with van der Waals surface area (Å²) in [5, 5.41) is 0. The van der Waals surface area contributed by atoms with Crippen LogP contribution in [0.25, 0.3) is 33.4 Å². The van der Waals surface area contributed by atoms with Crippen LogP contribution in [-0.4, -0.2) is 6.71 Å². The lowest BCUT2D eigenvalue weighted by Gasteiger charge is -2.45. The van der Waals surface area contributed by atoms with Crippen molar-refractivity contribution in [3.05, 3.63) is 234 Å². The molecule has 0 fully saturated rings. The molecule has 0 radical (unpaired) electrons. The number of benzene rings is 9. The molecule has 0 saturated carbocycles. The average molecular weight is 847 g/mol. The van der Waals surface area contributed by atoms with Gasteiger partial charge in [-0.3, -0.25) is 0 Å². The second-order valence-corrected chi connectivity index (χ2v) is 20.9. The second kappa shape index (κ2) is 13.8. The Balaban J connectivity index is 1.10. The molecule has 2 aliphatic carbocycles. The van der Waals surface area contributed by atoms with E-state index >= 15 is 0 Å². The van der Waals surface area contributed by atoms with Gasteiger partial charge in [-0.1, -0.05) is 193 Å². The standard InChI is InChI=1S/C63H51BN2/c1-61(2,3)42-21-18-22-44(37-42)66-57-38-43(62(4,5)6)31-34-55(57)64-54-29-16-17-30-56(54)65(58-35-41(36-59(66)60(58)64)40-19-8-7-9-20-40)45-32-33-53-49(39-45)48-25-12-15-28-52(48)63(53)50-26-13-10-23-46(50)47-24-11-14-27-51(47)63/h7-39H,1-6H3. The predicted octanol–water partition coefficient (Wildman–Crippen LogP) is 14.4. The largest absolute Gasteiger partial charge is 0.311 e. The van der Waals surface area contributed by atoms with E-state index in [1.54, 1.807) is 0 Å². The molecule has 9 aromatic carbocycles. The summed E-state index contributed by atoms with van der Waals surface area (Å²) in [6, 6.07) is 76.4. The fourth-order valence-electron chi connectivity index (χ4n) is 12.1. The highest BCUT2D eigenvalue weighted by atomic mass is 15.2. The van der Waals surface area contributed by atoms with Gasteiger partial charge < -0.3 is 9.80 Å². The van der Waals surface area contributed by atoms with Crippen molar-refractivity contribution < 1.29 is 0 Å². The number of nitrogens with zero attached hydrogens (tertiary/aromatic N) is 2. The molecular formula is C63H51BN2. The molecule has 2 nitrogen and oxygen atoms in total. The van der Waals surface area contributed by atoms with Crippen molar-refractivity contribution in [2.24, 2.45) is 0 Å². The van der Waals surface area contributed by atoms with E-state index in [-0.39, 0.29) is 17.5 Å². The van der Waals surface area contributed by atoms with E-state index in [2.05, 4.69) is 252 Å². The minimum Gasteiger partial charge on any atom is -0.311 e. The van der Waals surface area contributed by atoms with E-state index in [1.165, 1.54) is 112 Å². The Kier molecular flexibility index (Phi) is 8.18. The molecular weight excluding hydrogens is 796 g/mol. The quantitative estimate of drug-likeness (QED) is 0.163. The van der Waals surface area contributed by atoms with Gasteiger partial charge in [0.05, 0.1) is 5.41 Å². The van der Waals surface area contributed by atoms with Crippen molar-refractivity contribution in [2.75, 3.05) is 9.80 Å². The van der Waals surface area contributed by atoms with Crippen molar-refractivity contribution in [1.29, 1.82) is 0 Å². The van der Waals surface area contributed by atoms with E-state index in [1.807, 2.05) is 0 Å². The third-order valence-electron chi connectivity index (χ3n) is 15.2. The van der Waals surface area contributed by atoms with Crippen LogP contribution in [0.2, 0.25) is 0 Å². The van der Waals surface area contributed by atoms with E-state index in [0.717, 1.165) is 5.69 Å². The van der Waals surface area contributed by atoms with Crippen LogP contribution < -0.4 is 26.2 Å². The molecule has 3 heteroatoms. The fraction of sp³-hybridized carbons (Fsp3) is 0.143. The first-order valence-corrected chi connectivity index (χ1v) is 23.6. The van der Waals surface area contributed by atoms with Crippen LogP contribution in [0.1, 0.15) is 74.9 Å². The van der Waals surface area contributed by atoms with Crippen molar-refractivity contribution >= 4 is 57.2 Å². The summed E-state index contributed by atoms with van der Waals surface area (Å²) in [5.74, 6) is 0. The minimum atomic E-state index is -0.396. The monoisotopic (exact) mass is 846 g/mol. The minimum absolute atomic E-state index is 0.0150. The van der Waals surface area contributed by atoms with Crippen LogP contribution in [-0.2, 0) is 16.2 Å². The molecule has 0 aromatic heterocycles. The molecule has 0 N–H and O–H groups in total. The van der Waals surface area contributed by atoms with E-state index in [9.17, 15) is 0 Å². The number of para-hydroxylation sites is 1. The summed E-state index contributed by atoms with van der Waals surface area (Å²) in [4.78, 5) is 5.17. The maximum atomic E-state index is 2.59. The van der Waals surface area contributed by atoms with Gasteiger partial charge in [0, 0.05) is 34.1 Å². The normalized spacial score (nSPS) is 14.5. The Morgan fingerprint density at radius 2 is 0.864 bits per heavy atom. The summed E-state index contributed by atoms with van der Waals surface area (Å²) in [6.45, 7) is 14.0. The smallest absolute Gasteiger partial charge is 0.252 e. The lowest BCUT2D eigenvalue weighted by Crippen LogP contribution is -2.61. The molecule has 0 saturated heterocycles. The van der Waals surface area contributed by atoms with Crippen molar-refractivity contribution in [2.45, 2.75) is 57.8 Å². The number of fused-ring (bicyclic) bond motifs is 14. The van der Waals surface area contributed by atoms with Crippen LogP contribution >= 0.6 is 0 Å². The van der Waals surface area contributed by atoms with Gasteiger partial charge in [0.15, 0.2) is 0 Å². The summed E-state index contributed by atoms with van der Waals surface area (Å²) < 4.78 is 0. The Morgan fingerprint density at radius 1 is 0.348 bits per heavy atom. The maximum absolute atomic E-state index is 2.59. The first-order valence-electron chi connectivity index (χ1n) is 23.6. The van der Waals surface area contributed by atoms with Crippen LogP contribution in [0.5, 0.6) is 0 Å². The van der Waals surface area contributed by atoms with Crippen LogP contribution in [0.3, 0.4) is 0 Å². The topological polar surface area (TPSA) is 6.48 Å². The number of rotatable bonds is 3. The molecule has 0 bridgehead atoms. The number of anilines is 6. The van der Waals surface area contributed by atoms with Gasteiger partial charge in [-0.15, -0.1) is 0 Å². The number of hydrogen-bond donors (Lipinski definition) is 0. The first kappa shape index (κ1) is 39.0. The zero-order chi connectivity index (χ0) is 44.7. The summed E-state index contributed by atoms with van der Waals surface area (Å²) in [6.07, 6.45) is 0. The van der Waals surface area contributed by atoms with Crippen LogP contribution in [0.15, 0.2) is 200 Å². The molecule has 0 atom stereocenters. The van der Waals surface area contributed by atoms with E-state index < -0.39 is 5.41 Å². The Hall–Kier alpha value is -7.36. The third kappa shape index (κ3) is 5.37. The van der Waals surface area contributed by atoms with Gasteiger partial charge in [-0.2, -0.15) is 0 Å². The predicted molar refractivity (Wildman–Crippen MR) is 280 cm³/mol. The molecule has 4 aliphatic rings. The van der Waals surface area contributed by atoms with E-state index in [0.29, 0.717) is 0 Å². The van der Waals surface area contributed by atoms with E-state index in [4.69, 9.17) is 0 Å². The Bertz CT molecular complexity index is 3430. The molecule has 0 amide bonds. The Labute approximate surface area is 389 Å². The van der Waals surface area contributed by atoms with Crippen molar-refractivity contribution in [3.63, 3.8) is 0 Å². The molecule has 2 aliphatic heterocycles. The highest BCUT2D eigenvalue weighted by Gasteiger charge is 2.52. The van der Waals surface area contributed by atoms with Crippen molar-refractivity contribution in [3.8, 4) is 33.4 Å². The van der Waals surface area contributed by atoms with Crippen molar-refractivity contribution in [1.82, 2.24) is 0 Å². The molecule has 2 heterocycles. The SMILES string of the molecule is CC(C)(C)c1cccc(N2c3cc(C(C)(C)C)ccc3B3c4ccccc4N(c4ccc5c(c4)-c4ccccc4C54c5ccccc5-c5ccccc54)c4cc(-c5ccccc5)cc2c43)c1. The molecule has 9 aromatic rings.